The standard InChI is InChI=1S/C16H18N2O4/c1-11-8-16(20)22-14-9-12(2-3-13(11)14)21-10-15(19)18-6-4-17-5-7-18/h2-3,8-9,17H,4-7,10H2,1H3. The van der Waals surface area contributed by atoms with Gasteiger partial charge in [-0.05, 0) is 24.6 Å². The molecular formula is C16H18N2O4. The van der Waals surface area contributed by atoms with Crippen LogP contribution in [0.15, 0.2) is 33.5 Å². The zero-order valence-electron chi connectivity index (χ0n) is 12.4. The minimum Gasteiger partial charge on any atom is -0.484 e. The molecule has 1 aromatic carbocycles. The number of rotatable bonds is 3. The van der Waals surface area contributed by atoms with Crippen LogP contribution >= 0.6 is 0 Å². The molecule has 22 heavy (non-hydrogen) atoms. The first kappa shape index (κ1) is 14.6. The Bertz CT molecular complexity index is 747. The summed E-state index contributed by atoms with van der Waals surface area (Å²) in [6.45, 7) is 4.87. The van der Waals surface area contributed by atoms with Crippen LogP contribution in [0, 0.1) is 6.92 Å². The second-order valence-electron chi connectivity index (χ2n) is 5.33. The van der Waals surface area contributed by atoms with Crippen molar-refractivity contribution in [1.82, 2.24) is 10.2 Å². The lowest BCUT2D eigenvalue weighted by Gasteiger charge is -2.27. The Morgan fingerprint density at radius 2 is 2.09 bits per heavy atom. The van der Waals surface area contributed by atoms with E-state index < -0.39 is 0 Å². The number of piperazine rings is 1. The van der Waals surface area contributed by atoms with Crippen molar-refractivity contribution >= 4 is 16.9 Å². The maximum absolute atomic E-state index is 12.0. The predicted molar refractivity (Wildman–Crippen MR) is 82.2 cm³/mol. The molecule has 0 unspecified atom stereocenters. The second-order valence-corrected chi connectivity index (χ2v) is 5.33. The Hall–Kier alpha value is -2.34. The summed E-state index contributed by atoms with van der Waals surface area (Å²) in [4.78, 5) is 25.2. The van der Waals surface area contributed by atoms with Gasteiger partial charge in [0.05, 0.1) is 0 Å². The van der Waals surface area contributed by atoms with E-state index in [0.29, 0.717) is 24.4 Å². The number of nitrogens with one attached hydrogen (secondary N) is 1. The smallest absolute Gasteiger partial charge is 0.336 e. The van der Waals surface area contributed by atoms with Crippen molar-refractivity contribution in [2.24, 2.45) is 0 Å². The number of hydrogen-bond acceptors (Lipinski definition) is 5. The molecule has 0 spiro atoms. The lowest BCUT2D eigenvalue weighted by molar-refractivity contribution is -0.133. The fourth-order valence-electron chi connectivity index (χ4n) is 2.55. The summed E-state index contributed by atoms with van der Waals surface area (Å²) in [5.74, 6) is 0.483. The Balaban J connectivity index is 1.71. The maximum atomic E-state index is 12.0. The van der Waals surface area contributed by atoms with Crippen LogP contribution in [0.2, 0.25) is 0 Å². The number of fused-ring (bicyclic) bond motifs is 1. The van der Waals surface area contributed by atoms with Crippen LogP contribution < -0.4 is 15.7 Å². The van der Waals surface area contributed by atoms with Crippen LogP contribution in [0.5, 0.6) is 5.75 Å². The molecule has 1 amide bonds. The van der Waals surface area contributed by atoms with Crippen LogP contribution in [0.4, 0.5) is 0 Å². The van der Waals surface area contributed by atoms with Gasteiger partial charge in [-0.3, -0.25) is 4.79 Å². The average molecular weight is 302 g/mol. The lowest BCUT2D eigenvalue weighted by atomic mass is 10.1. The number of nitrogens with zero attached hydrogens (tertiary/aromatic N) is 1. The van der Waals surface area contributed by atoms with Gasteiger partial charge in [-0.15, -0.1) is 0 Å². The van der Waals surface area contributed by atoms with E-state index in [0.717, 1.165) is 24.0 Å². The largest absolute Gasteiger partial charge is 0.484 e. The Kier molecular flexibility index (Phi) is 4.11. The van der Waals surface area contributed by atoms with Gasteiger partial charge in [0.1, 0.15) is 11.3 Å². The van der Waals surface area contributed by atoms with E-state index in [1.54, 1.807) is 17.0 Å². The molecule has 0 radical (unpaired) electrons. The quantitative estimate of drug-likeness (QED) is 0.853. The van der Waals surface area contributed by atoms with Gasteiger partial charge in [0, 0.05) is 43.7 Å². The summed E-state index contributed by atoms with van der Waals surface area (Å²) in [5.41, 5.74) is 0.936. The van der Waals surface area contributed by atoms with E-state index in [1.165, 1.54) is 6.07 Å². The zero-order chi connectivity index (χ0) is 15.5. The van der Waals surface area contributed by atoms with Crippen LogP contribution in [0.25, 0.3) is 11.0 Å². The maximum Gasteiger partial charge on any atom is 0.336 e. The molecule has 6 heteroatoms. The molecule has 6 nitrogen and oxygen atoms in total. The van der Waals surface area contributed by atoms with E-state index in [1.807, 2.05) is 13.0 Å². The van der Waals surface area contributed by atoms with E-state index in [4.69, 9.17) is 9.15 Å². The molecule has 3 rings (SSSR count). The van der Waals surface area contributed by atoms with Gasteiger partial charge in [0.15, 0.2) is 6.61 Å². The zero-order valence-corrected chi connectivity index (χ0v) is 12.4. The van der Waals surface area contributed by atoms with Gasteiger partial charge < -0.3 is 19.4 Å². The first-order valence-corrected chi connectivity index (χ1v) is 7.29. The molecule has 1 N–H and O–H groups in total. The summed E-state index contributed by atoms with van der Waals surface area (Å²) in [6, 6.07) is 6.71. The first-order valence-electron chi connectivity index (χ1n) is 7.29. The Morgan fingerprint density at radius 3 is 2.86 bits per heavy atom. The van der Waals surface area contributed by atoms with Crippen molar-refractivity contribution in [3.63, 3.8) is 0 Å². The minimum atomic E-state index is -0.390. The Labute approximate surface area is 127 Å². The highest BCUT2D eigenvalue weighted by Crippen LogP contribution is 2.22. The molecule has 1 fully saturated rings. The van der Waals surface area contributed by atoms with Crippen molar-refractivity contribution in [1.29, 1.82) is 0 Å². The van der Waals surface area contributed by atoms with Crippen molar-refractivity contribution in [3.05, 3.63) is 40.2 Å². The molecule has 1 aliphatic heterocycles. The number of benzene rings is 1. The molecule has 2 aromatic rings. The van der Waals surface area contributed by atoms with E-state index in [-0.39, 0.29) is 18.1 Å². The van der Waals surface area contributed by atoms with Gasteiger partial charge in [-0.2, -0.15) is 0 Å². The van der Waals surface area contributed by atoms with Crippen molar-refractivity contribution in [2.75, 3.05) is 32.8 Å². The van der Waals surface area contributed by atoms with Crippen LogP contribution in [-0.2, 0) is 4.79 Å². The van der Waals surface area contributed by atoms with Crippen molar-refractivity contribution < 1.29 is 13.9 Å². The third-order valence-corrected chi connectivity index (χ3v) is 3.75. The van der Waals surface area contributed by atoms with Crippen LogP contribution in [-0.4, -0.2) is 43.6 Å². The SMILES string of the molecule is Cc1cc(=O)oc2cc(OCC(=O)N3CCNCC3)ccc12. The van der Waals surface area contributed by atoms with Crippen molar-refractivity contribution in [3.8, 4) is 5.75 Å². The summed E-state index contributed by atoms with van der Waals surface area (Å²) in [5, 5.41) is 4.06. The summed E-state index contributed by atoms with van der Waals surface area (Å²) < 4.78 is 10.7. The number of carbonyl (C=O) groups is 1. The molecule has 116 valence electrons. The molecule has 1 aliphatic rings. The molecule has 0 atom stereocenters. The number of carbonyl (C=O) groups excluding carboxylic acids is 1. The second kappa shape index (κ2) is 6.19. The molecule has 1 saturated heterocycles. The van der Waals surface area contributed by atoms with Gasteiger partial charge in [-0.25, -0.2) is 4.79 Å². The minimum absolute atomic E-state index is 0.0123. The number of amides is 1. The normalized spacial score (nSPS) is 15.0. The summed E-state index contributed by atoms with van der Waals surface area (Å²) in [6.07, 6.45) is 0. The molecule has 2 heterocycles. The fraction of sp³-hybridized carbons (Fsp3) is 0.375. The van der Waals surface area contributed by atoms with Gasteiger partial charge in [0.2, 0.25) is 0 Å². The van der Waals surface area contributed by atoms with Gasteiger partial charge in [-0.1, -0.05) is 0 Å². The number of aryl methyl sites for hydroxylation is 1. The monoisotopic (exact) mass is 302 g/mol. The van der Waals surface area contributed by atoms with E-state index in [2.05, 4.69) is 5.32 Å². The highest BCUT2D eigenvalue weighted by atomic mass is 16.5. The fourth-order valence-corrected chi connectivity index (χ4v) is 2.55. The van der Waals surface area contributed by atoms with Gasteiger partial charge in [0.25, 0.3) is 5.91 Å². The van der Waals surface area contributed by atoms with Crippen molar-refractivity contribution in [2.45, 2.75) is 6.92 Å². The highest BCUT2D eigenvalue weighted by Gasteiger charge is 2.16. The summed E-state index contributed by atoms with van der Waals surface area (Å²) >= 11 is 0. The first-order chi connectivity index (χ1) is 10.6. The van der Waals surface area contributed by atoms with Crippen LogP contribution in [0.3, 0.4) is 0 Å². The lowest BCUT2D eigenvalue weighted by Crippen LogP contribution is -2.47. The topological polar surface area (TPSA) is 71.8 Å². The third-order valence-electron chi connectivity index (χ3n) is 3.75. The van der Waals surface area contributed by atoms with Gasteiger partial charge >= 0.3 is 5.63 Å². The molecule has 0 aliphatic carbocycles. The molecular weight excluding hydrogens is 284 g/mol. The average Bonchev–Trinajstić information content (AvgIpc) is 2.53. The summed E-state index contributed by atoms with van der Waals surface area (Å²) in [7, 11) is 0. The number of ether oxygens (including phenoxy) is 1. The Morgan fingerprint density at radius 1 is 1.32 bits per heavy atom. The van der Waals surface area contributed by atoms with Crippen LogP contribution in [0.1, 0.15) is 5.56 Å². The third kappa shape index (κ3) is 3.12. The predicted octanol–water partition coefficient (Wildman–Crippen LogP) is 0.912. The highest BCUT2D eigenvalue weighted by molar-refractivity contribution is 5.81. The number of hydrogen-bond donors (Lipinski definition) is 1. The van der Waals surface area contributed by atoms with E-state index >= 15 is 0 Å². The molecule has 0 bridgehead atoms. The van der Waals surface area contributed by atoms with E-state index in [9.17, 15) is 9.59 Å². The molecule has 1 aromatic heterocycles. The molecule has 0 saturated carbocycles.